The number of carbonyl (C=O) groups is 1. The van der Waals surface area contributed by atoms with Gasteiger partial charge in [0.15, 0.2) is 0 Å². The Hall–Kier alpha value is -1.95. The van der Waals surface area contributed by atoms with Gasteiger partial charge in [-0.1, -0.05) is 12.1 Å². The minimum absolute atomic E-state index is 0.0943. The van der Waals surface area contributed by atoms with Gasteiger partial charge in [0.25, 0.3) is 11.6 Å². The van der Waals surface area contributed by atoms with E-state index in [2.05, 4.69) is 5.32 Å². The Morgan fingerprint density at radius 2 is 2.12 bits per heavy atom. The molecule has 1 aromatic carbocycles. The first kappa shape index (κ1) is 13.1. The molecule has 0 heterocycles. The van der Waals surface area contributed by atoms with E-state index < -0.39 is 10.8 Å². The van der Waals surface area contributed by atoms with Crippen LogP contribution in [0.4, 0.5) is 5.69 Å². The van der Waals surface area contributed by atoms with Gasteiger partial charge in [-0.15, -0.1) is 0 Å². The van der Waals surface area contributed by atoms with Crippen LogP contribution in [0.3, 0.4) is 0 Å². The lowest BCUT2D eigenvalue weighted by molar-refractivity contribution is -0.386. The van der Waals surface area contributed by atoms with Gasteiger partial charge in [-0.3, -0.25) is 14.9 Å². The van der Waals surface area contributed by atoms with Gasteiger partial charge in [0.1, 0.15) is 5.56 Å². The number of nitro groups is 1. The van der Waals surface area contributed by atoms with Gasteiger partial charge in [-0.2, -0.15) is 0 Å². The lowest BCUT2D eigenvalue weighted by atomic mass is 10.1. The minimum Gasteiger partial charge on any atom is -0.355 e. The van der Waals surface area contributed by atoms with Crippen molar-refractivity contribution < 1.29 is 9.72 Å². The molecule has 0 saturated heterocycles. The van der Waals surface area contributed by atoms with Gasteiger partial charge < -0.3 is 10.2 Å². The van der Waals surface area contributed by atoms with Gasteiger partial charge in [0.2, 0.25) is 0 Å². The second kappa shape index (κ2) is 5.40. The normalized spacial score (nSPS) is 10.4. The molecule has 0 aromatic heterocycles. The number of hydrogen-bond donors (Lipinski definition) is 1. The molecule has 6 heteroatoms. The zero-order chi connectivity index (χ0) is 13.0. The molecule has 0 aliphatic heterocycles. The molecule has 1 rings (SSSR count). The minimum atomic E-state index is -0.511. The topological polar surface area (TPSA) is 75.5 Å². The fourth-order valence-corrected chi connectivity index (χ4v) is 1.59. The first-order valence-electron chi connectivity index (χ1n) is 5.10. The third-order valence-electron chi connectivity index (χ3n) is 2.26. The Balaban J connectivity index is 3.32. The molecule has 1 N–H and O–H groups in total. The average molecular weight is 237 g/mol. The number of carbonyl (C=O) groups excluding carboxylic acids is 1. The molecular formula is C11H15N3O3. The van der Waals surface area contributed by atoms with Crippen LogP contribution in [0.25, 0.3) is 0 Å². The molecule has 0 bridgehead atoms. The van der Waals surface area contributed by atoms with Gasteiger partial charge in [0, 0.05) is 19.2 Å². The number of benzene rings is 1. The quantitative estimate of drug-likeness (QED) is 0.626. The van der Waals surface area contributed by atoms with Gasteiger partial charge in [-0.05, 0) is 20.2 Å². The molecule has 0 unspecified atom stereocenters. The van der Waals surface area contributed by atoms with E-state index in [1.54, 1.807) is 12.1 Å². The SMILES string of the molecule is CNC(=O)c1cccc(CN(C)C)c1[N+](=O)[O-]. The molecule has 0 radical (unpaired) electrons. The first-order valence-corrected chi connectivity index (χ1v) is 5.10. The smallest absolute Gasteiger partial charge is 0.286 e. The molecule has 1 aromatic rings. The van der Waals surface area contributed by atoms with Crippen LogP contribution >= 0.6 is 0 Å². The van der Waals surface area contributed by atoms with E-state index in [-0.39, 0.29) is 11.3 Å². The molecule has 6 nitrogen and oxygen atoms in total. The van der Waals surface area contributed by atoms with Gasteiger partial charge >= 0.3 is 0 Å². The monoisotopic (exact) mass is 237 g/mol. The van der Waals surface area contributed by atoms with Crippen molar-refractivity contribution >= 4 is 11.6 Å². The van der Waals surface area contributed by atoms with Crippen molar-refractivity contribution in [3.8, 4) is 0 Å². The fourth-order valence-electron chi connectivity index (χ4n) is 1.59. The maximum Gasteiger partial charge on any atom is 0.286 e. The third-order valence-corrected chi connectivity index (χ3v) is 2.26. The molecule has 92 valence electrons. The van der Waals surface area contributed by atoms with E-state index in [4.69, 9.17) is 0 Å². The number of para-hydroxylation sites is 1. The summed E-state index contributed by atoms with van der Waals surface area (Å²) in [5, 5.41) is 13.5. The number of amides is 1. The predicted molar refractivity (Wildman–Crippen MR) is 63.9 cm³/mol. The molecule has 0 fully saturated rings. The molecule has 0 atom stereocenters. The number of nitrogens with zero attached hydrogens (tertiary/aromatic N) is 2. The number of hydrogen-bond acceptors (Lipinski definition) is 4. The summed E-state index contributed by atoms with van der Waals surface area (Å²) in [6.45, 7) is 0.418. The van der Waals surface area contributed by atoms with Crippen molar-refractivity contribution in [1.29, 1.82) is 0 Å². The van der Waals surface area contributed by atoms with Crippen LogP contribution in [-0.2, 0) is 6.54 Å². The third kappa shape index (κ3) is 3.01. The van der Waals surface area contributed by atoms with E-state index in [0.717, 1.165) is 0 Å². The lowest BCUT2D eigenvalue weighted by Gasteiger charge is -2.11. The predicted octanol–water partition coefficient (Wildman–Crippen LogP) is 1.02. The zero-order valence-electron chi connectivity index (χ0n) is 10.1. The number of nitrogens with one attached hydrogen (secondary N) is 1. The number of rotatable bonds is 4. The van der Waals surface area contributed by atoms with Crippen LogP contribution in [0.15, 0.2) is 18.2 Å². The molecular weight excluding hydrogens is 222 g/mol. The standard InChI is InChI=1S/C11H15N3O3/c1-12-11(15)9-6-4-5-8(7-13(2)3)10(9)14(16)17/h4-6H,7H2,1-3H3,(H,12,15). The maximum absolute atomic E-state index is 11.5. The highest BCUT2D eigenvalue weighted by Crippen LogP contribution is 2.24. The summed E-state index contributed by atoms with van der Waals surface area (Å²) in [6, 6.07) is 4.76. The summed E-state index contributed by atoms with van der Waals surface area (Å²) in [5.41, 5.74) is 0.499. The summed E-state index contributed by atoms with van der Waals surface area (Å²) in [7, 11) is 5.08. The molecule has 0 spiro atoms. The van der Waals surface area contributed by atoms with Crippen molar-refractivity contribution in [1.82, 2.24) is 10.2 Å². The highest BCUT2D eigenvalue weighted by molar-refractivity contribution is 5.98. The summed E-state index contributed by atoms with van der Waals surface area (Å²) < 4.78 is 0. The van der Waals surface area contributed by atoms with Crippen LogP contribution < -0.4 is 5.32 Å². The Labute approximate surface area is 99.4 Å². The van der Waals surface area contributed by atoms with Crippen LogP contribution in [0.5, 0.6) is 0 Å². The highest BCUT2D eigenvalue weighted by Gasteiger charge is 2.23. The summed E-state index contributed by atoms with van der Waals surface area (Å²) in [4.78, 5) is 23.9. The summed E-state index contributed by atoms with van der Waals surface area (Å²) >= 11 is 0. The highest BCUT2D eigenvalue weighted by atomic mass is 16.6. The van der Waals surface area contributed by atoms with Crippen LogP contribution in [-0.4, -0.2) is 36.9 Å². The van der Waals surface area contributed by atoms with E-state index >= 15 is 0 Å². The van der Waals surface area contributed by atoms with E-state index in [1.165, 1.54) is 13.1 Å². The average Bonchev–Trinajstić information content (AvgIpc) is 2.26. The summed E-state index contributed by atoms with van der Waals surface area (Å²) in [5.74, 6) is -0.447. The second-order valence-electron chi connectivity index (χ2n) is 3.89. The fraction of sp³-hybridized carbons (Fsp3) is 0.364. The molecule has 0 saturated carbocycles. The van der Waals surface area contributed by atoms with Crippen molar-refractivity contribution in [2.24, 2.45) is 0 Å². The Morgan fingerprint density at radius 1 is 1.47 bits per heavy atom. The summed E-state index contributed by atoms with van der Waals surface area (Å²) in [6.07, 6.45) is 0. The van der Waals surface area contributed by atoms with Crippen molar-refractivity contribution in [2.45, 2.75) is 6.54 Å². The number of nitro benzene ring substituents is 1. The molecule has 0 aliphatic carbocycles. The molecule has 1 amide bonds. The van der Waals surface area contributed by atoms with E-state index in [9.17, 15) is 14.9 Å². The Morgan fingerprint density at radius 3 is 2.59 bits per heavy atom. The van der Waals surface area contributed by atoms with Gasteiger partial charge in [0.05, 0.1) is 4.92 Å². The zero-order valence-corrected chi connectivity index (χ0v) is 10.1. The van der Waals surface area contributed by atoms with E-state index in [1.807, 2.05) is 19.0 Å². The Kier molecular flexibility index (Phi) is 4.17. The van der Waals surface area contributed by atoms with Crippen LogP contribution in [0.1, 0.15) is 15.9 Å². The van der Waals surface area contributed by atoms with Crippen molar-refractivity contribution in [3.63, 3.8) is 0 Å². The largest absolute Gasteiger partial charge is 0.355 e. The molecule has 0 aliphatic rings. The lowest BCUT2D eigenvalue weighted by Crippen LogP contribution is -2.21. The van der Waals surface area contributed by atoms with Gasteiger partial charge in [-0.25, -0.2) is 0 Å². The van der Waals surface area contributed by atoms with Crippen molar-refractivity contribution in [3.05, 3.63) is 39.4 Å². The second-order valence-corrected chi connectivity index (χ2v) is 3.89. The van der Waals surface area contributed by atoms with Crippen molar-refractivity contribution in [2.75, 3.05) is 21.1 Å². The van der Waals surface area contributed by atoms with E-state index in [0.29, 0.717) is 12.1 Å². The first-order chi connectivity index (χ1) is 7.97. The maximum atomic E-state index is 11.5. The molecule has 17 heavy (non-hydrogen) atoms. The van der Waals surface area contributed by atoms with Crippen LogP contribution in [0.2, 0.25) is 0 Å². The van der Waals surface area contributed by atoms with Crippen LogP contribution in [0, 0.1) is 10.1 Å². The Bertz CT molecular complexity index is 444.